The summed E-state index contributed by atoms with van der Waals surface area (Å²) in [5.74, 6) is 0. The van der Waals surface area contributed by atoms with Crippen LogP contribution in [-0.2, 0) is 21.7 Å². The maximum atomic E-state index is 5.75. The molecule has 0 spiro atoms. The van der Waals surface area contributed by atoms with Gasteiger partial charge in [-0.25, -0.2) is 4.98 Å². The van der Waals surface area contributed by atoms with Crippen LogP contribution in [0.1, 0.15) is 99.9 Å². The number of anilines is 12. The second-order valence-corrected chi connectivity index (χ2v) is 25.0. The third kappa shape index (κ3) is 6.58. The molecule has 5 nitrogen and oxygen atoms in total. The van der Waals surface area contributed by atoms with E-state index in [1.807, 2.05) is 0 Å². The molecule has 0 bridgehead atoms. The fraction of sp³-hybridized carbons (Fsp3) is 0.164. The molecule has 0 amide bonds. The van der Waals surface area contributed by atoms with Gasteiger partial charge in [-0.2, -0.15) is 0 Å². The average molecular weight is 1040 g/mol. The van der Waals surface area contributed by atoms with Crippen LogP contribution in [0.5, 0.6) is 0 Å². The van der Waals surface area contributed by atoms with Crippen molar-refractivity contribution in [2.75, 3.05) is 19.6 Å². The molecule has 6 heteroatoms. The minimum atomic E-state index is -0.337. The first-order valence-electron chi connectivity index (χ1n) is 27.8. The monoisotopic (exact) mass is 1040 g/mol. The van der Waals surface area contributed by atoms with Crippen LogP contribution in [0.3, 0.4) is 0 Å². The van der Waals surface area contributed by atoms with Gasteiger partial charge in [-0.3, -0.25) is 0 Å². The second kappa shape index (κ2) is 16.9. The Balaban J connectivity index is 1.24. The molecule has 384 valence electrons. The molecule has 0 saturated heterocycles. The van der Waals surface area contributed by atoms with Crippen LogP contribution in [0.25, 0.3) is 20.8 Å². The fourth-order valence-electron chi connectivity index (χ4n) is 14.3. The number of para-hydroxylation sites is 9. The van der Waals surface area contributed by atoms with E-state index in [9.17, 15) is 0 Å². The van der Waals surface area contributed by atoms with Crippen molar-refractivity contribution in [2.24, 2.45) is 0 Å². The number of rotatable bonds is 5. The summed E-state index contributed by atoms with van der Waals surface area (Å²) in [6.45, 7) is 19.1. The molecule has 0 N–H and O–H groups in total. The molecular weight excluding hydrogens is 979 g/mol. The van der Waals surface area contributed by atoms with Crippen LogP contribution in [-0.4, -0.2) is 4.98 Å². The van der Waals surface area contributed by atoms with Crippen LogP contribution in [0.15, 0.2) is 224 Å². The van der Waals surface area contributed by atoms with E-state index < -0.39 is 0 Å². The van der Waals surface area contributed by atoms with Gasteiger partial charge in [0.1, 0.15) is 5.01 Å². The Morgan fingerprint density at radius 2 is 0.544 bits per heavy atom. The number of aromatic nitrogens is 1. The Kier molecular flexibility index (Phi) is 10.2. The van der Waals surface area contributed by atoms with Crippen molar-refractivity contribution in [3.8, 4) is 10.6 Å². The van der Waals surface area contributed by atoms with E-state index in [1.54, 1.807) is 11.3 Å². The Morgan fingerprint density at radius 1 is 0.278 bits per heavy atom. The van der Waals surface area contributed by atoms with E-state index in [-0.39, 0.29) is 21.7 Å². The predicted octanol–water partition coefficient (Wildman–Crippen LogP) is 20.4. The summed E-state index contributed by atoms with van der Waals surface area (Å²) in [6, 6.07) is 84.4. The second-order valence-electron chi connectivity index (χ2n) is 24.0. The highest BCUT2D eigenvalue weighted by Crippen LogP contribution is 2.68. The molecule has 0 atom stereocenters. The lowest BCUT2D eigenvalue weighted by Crippen LogP contribution is -2.36. The Morgan fingerprint density at radius 3 is 0.873 bits per heavy atom. The summed E-state index contributed by atoms with van der Waals surface area (Å²) in [6.07, 6.45) is 0. The van der Waals surface area contributed by atoms with Gasteiger partial charge in [-0.05, 0) is 111 Å². The summed E-state index contributed by atoms with van der Waals surface area (Å²) in [7, 11) is 0. The SMILES string of the molecule is CC1(C)c2ccccc2N(c2cc(-c3nc4ccccc4s3)c(N3c4ccccc4C(C)(C)c4ccccc43)c(N3c4ccccc4C(C)(C)c4ccccc43)c2N2c3ccccc3C(C)(C)c3ccccc32)c2ccccc21. The molecular formula is C73H61N5S. The summed E-state index contributed by atoms with van der Waals surface area (Å²) < 4.78 is 1.14. The van der Waals surface area contributed by atoms with Gasteiger partial charge in [0, 0.05) is 27.2 Å². The number of fused-ring (bicyclic) bond motifs is 9. The Labute approximate surface area is 468 Å². The van der Waals surface area contributed by atoms with E-state index in [0.717, 1.165) is 89.0 Å². The third-order valence-corrected chi connectivity index (χ3v) is 19.3. The maximum Gasteiger partial charge on any atom is 0.126 e. The Bertz CT molecular complexity index is 4100. The van der Waals surface area contributed by atoms with E-state index in [2.05, 4.69) is 299 Å². The number of hydrogen-bond donors (Lipinski definition) is 0. The van der Waals surface area contributed by atoms with Gasteiger partial charge in [0.2, 0.25) is 0 Å². The molecule has 0 fully saturated rings. The van der Waals surface area contributed by atoms with Crippen molar-refractivity contribution >= 4 is 89.8 Å². The first-order chi connectivity index (χ1) is 38.3. The zero-order valence-electron chi connectivity index (χ0n) is 46.0. The molecule has 10 aromatic carbocycles. The van der Waals surface area contributed by atoms with Crippen molar-refractivity contribution in [2.45, 2.75) is 77.0 Å². The molecule has 4 aliphatic heterocycles. The summed E-state index contributed by atoms with van der Waals surface area (Å²) in [5.41, 5.74) is 24.2. The molecule has 5 heterocycles. The van der Waals surface area contributed by atoms with Crippen LogP contribution in [0.2, 0.25) is 0 Å². The van der Waals surface area contributed by atoms with Crippen LogP contribution >= 0.6 is 11.3 Å². The number of benzene rings is 10. The molecule has 79 heavy (non-hydrogen) atoms. The molecule has 0 saturated carbocycles. The van der Waals surface area contributed by atoms with E-state index >= 15 is 0 Å². The van der Waals surface area contributed by atoms with Gasteiger partial charge in [0.25, 0.3) is 0 Å². The first kappa shape index (κ1) is 47.5. The van der Waals surface area contributed by atoms with Crippen LogP contribution in [0, 0.1) is 0 Å². The number of nitrogens with zero attached hydrogens (tertiary/aromatic N) is 5. The van der Waals surface area contributed by atoms with Gasteiger partial charge in [0.15, 0.2) is 0 Å². The topological polar surface area (TPSA) is 25.9 Å². The summed E-state index contributed by atoms with van der Waals surface area (Å²) in [4.78, 5) is 16.3. The molecule has 0 aliphatic carbocycles. The normalized spacial score (nSPS) is 16.4. The predicted molar refractivity (Wildman–Crippen MR) is 332 cm³/mol. The minimum Gasteiger partial charge on any atom is -0.308 e. The van der Waals surface area contributed by atoms with Gasteiger partial charge >= 0.3 is 0 Å². The average Bonchev–Trinajstić information content (AvgIpc) is 2.87. The summed E-state index contributed by atoms with van der Waals surface area (Å²) >= 11 is 1.77. The highest BCUT2D eigenvalue weighted by atomic mass is 32.1. The molecule has 1 aromatic heterocycles. The molecule has 4 aliphatic rings. The minimum absolute atomic E-state index is 0.304. The first-order valence-corrected chi connectivity index (χ1v) is 28.6. The van der Waals surface area contributed by atoms with E-state index in [1.165, 1.54) is 44.5 Å². The van der Waals surface area contributed by atoms with Crippen molar-refractivity contribution in [3.05, 3.63) is 269 Å². The lowest BCUT2D eigenvalue weighted by atomic mass is 9.72. The van der Waals surface area contributed by atoms with Gasteiger partial charge in [-0.15, -0.1) is 11.3 Å². The Hall–Kier alpha value is -8.71. The van der Waals surface area contributed by atoms with E-state index in [4.69, 9.17) is 4.98 Å². The molecule has 0 unspecified atom stereocenters. The largest absolute Gasteiger partial charge is 0.308 e. The van der Waals surface area contributed by atoms with E-state index in [0.29, 0.717) is 0 Å². The van der Waals surface area contributed by atoms with Crippen molar-refractivity contribution in [1.29, 1.82) is 0 Å². The van der Waals surface area contributed by atoms with Crippen LogP contribution in [0.4, 0.5) is 68.2 Å². The smallest absolute Gasteiger partial charge is 0.126 e. The highest BCUT2D eigenvalue weighted by molar-refractivity contribution is 7.21. The molecule has 15 rings (SSSR count). The third-order valence-electron chi connectivity index (χ3n) is 18.2. The van der Waals surface area contributed by atoms with Crippen molar-refractivity contribution in [3.63, 3.8) is 0 Å². The zero-order valence-corrected chi connectivity index (χ0v) is 46.8. The number of hydrogen-bond acceptors (Lipinski definition) is 6. The zero-order chi connectivity index (χ0) is 53.7. The lowest BCUT2D eigenvalue weighted by molar-refractivity contribution is 0.629. The fourth-order valence-corrected chi connectivity index (χ4v) is 15.3. The molecule has 0 radical (unpaired) electrons. The highest BCUT2D eigenvalue weighted by Gasteiger charge is 2.48. The lowest BCUT2D eigenvalue weighted by Gasteiger charge is -2.50. The summed E-state index contributed by atoms with van der Waals surface area (Å²) in [5, 5.41) is 0.948. The van der Waals surface area contributed by atoms with Crippen molar-refractivity contribution < 1.29 is 0 Å². The molecule has 11 aromatic rings. The van der Waals surface area contributed by atoms with Gasteiger partial charge in [-0.1, -0.05) is 213 Å². The van der Waals surface area contributed by atoms with Gasteiger partial charge in [0.05, 0.1) is 78.5 Å². The van der Waals surface area contributed by atoms with Crippen LogP contribution < -0.4 is 19.6 Å². The number of thiazole rings is 1. The standard InChI is InChI=1S/C73H61N5S/c1-70(2)47-27-9-18-36-56(47)75(57-37-19-10-28-48(57)70)64-45-46(69-74-55-35-17-26-44-65(55)79-69)66(76-58-38-20-11-29-49(58)71(3,4)50-30-12-21-39-59(50)76)68(78-62-42-24-15-33-53(62)73(7,8)54-34-16-25-43-63(54)78)67(64)77-60-40-22-13-31-51(60)72(5,6)52-32-14-23-41-61(52)77/h9-45H,1-8H3. The quantitative estimate of drug-likeness (QED) is 0.171. The maximum absolute atomic E-state index is 5.75. The van der Waals surface area contributed by atoms with Gasteiger partial charge < -0.3 is 19.6 Å². The van der Waals surface area contributed by atoms with Crippen molar-refractivity contribution in [1.82, 2.24) is 4.98 Å².